The highest BCUT2D eigenvalue weighted by Gasteiger charge is 2.30. The molecule has 0 saturated carbocycles. The summed E-state index contributed by atoms with van der Waals surface area (Å²) in [6, 6.07) is 4.09. The van der Waals surface area contributed by atoms with Crippen molar-refractivity contribution < 1.29 is 19.7 Å². The first-order chi connectivity index (χ1) is 11.1. The molecular formula is C17H26N2O4. The molecule has 1 aromatic rings. The number of hydrogen-bond acceptors (Lipinski definition) is 5. The van der Waals surface area contributed by atoms with Crippen molar-refractivity contribution in [1.82, 2.24) is 9.80 Å². The number of nitrogens with zero attached hydrogens (tertiary/aromatic N) is 2. The van der Waals surface area contributed by atoms with Gasteiger partial charge in [-0.1, -0.05) is 13.0 Å². The second-order valence-corrected chi connectivity index (χ2v) is 5.78. The number of benzene rings is 1. The molecule has 1 atom stereocenters. The highest BCUT2D eigenvalue weighted by atomic mass is 16.5. The van der Waals surface area contributed by atoms with Gasteiger partial charge < -0.3 is 19.8 Å². The Bertz CT molecular complexity index is 527. The lowest BCUT2D eigenvalue weighted by Crippen LogP contribution is -2.49. The lowest BCUT2D eigenvalue weighted by Gasteiger charge is -2.37. The lowest BCUT2D eigenvalue weighted by molar-refractivity contribution is -0.144. The van der Waals surface area contributed by atoms with Crippen molar-refractivity contribution >= 4 is 5.97 Å². The fourth-order valence-electron chi connectivity index (χ4n) is 3.04. The Morgan fingerprint density at radius 2 is 1.96 bits per heavy atom. The maximum Gasteiger partial charge on any atom is 0.325 e. The molecule has 1 saturated heterocycles. The second kappa shape index (κ2) is 8.17. The van der Waals surface area contributed by atoms with Crippen LogP contribution in [0.25, 0.3) is 0 Å². The average Bonchev–Trinajstić information content (AvgIpc) is 2.52. The molecule has 23 heavy (non-hydrogen) atoms. The summed E-state index contributed by atoms with van der Waals surface area (Å²) in [4.78, 5) is 16.1. The van der Waals surface area contributed by atoms with Crippen molar-refractivity contribution in [2.75, 3.05) is 39.3 Å². The molecule has 1 aromatic carbocycles. The molecular weight excluding hydrogens is 296 g/mol. The van der Waals surface area contributed by atoms with Crippen LogP contribution in [0.15, 0.2) is 18.2 Å². The standard InChI is InChI=1S/C17H26N2O4/c1-3-7-18-8-10-19(11-9-18)16(17(21)22)13-5-6-14(20)15(12-13)23-4-2/h5-6,12,16,20H,3-4,7-11H2,1-2H3,(H,21,22). The van der Waals surface area contributed by atoms with Gasteiger partial charge in [0.2, 0.25) is 0 Å². The lowest BCUT2D eigenvalue weighted by atomic mass is 10.0. The van der Waals surface area contributed by atoms with Crippen LogP contribution < -0.4 is 4.74 Å². The number of phenolic OH excluding ortho intramolecular Hbond substituents is 1. The highest BCUT2D eigenvalue weighted by Crippen LogP contribution is 2.32. The zero-order valence-corrected chi connectivity index (χ0v) is 13.9. The fourth-order valence-corrected chi connectivity index (χ4v) is 3.04. The number of hydrogen-bond donors (Lipinski definition) is 2. The van der Waals surface area contributed by atoms with Gasteiger partial charge in [-0.25, -0.2) is 0 Å². The summed E-state index contributed by atoms with van der Waals surface area (Å²) in [5.41, 5.74) is 0.641. The Hall–Kier alpha value is -1.79. The zero-order chi connectivity index (χ0) is 16.8. The molecule has 1 unspecified atom stereocenters. The molecule has 1 heterocycles. The van der Waals surface area contributed by atoms with Crippen molar-refractivity contribution in [3.05, 3.63) is 23.8 Å². The molecule has 0 radical (unpaired) electrons. The number of rotatable bonds is 7. The molecule has 0 bridgehead atoms. The minimum absolute atomic E-state index is 0.0347. The number of carboxylic acids is 1. The largest absolute Gasteiger partial charge is 0.504 e. The van der Waals surface area contributed by atoms with E-state index in [1.807, 2.05) is 11.8 Å². The van der Waals surface area contributed by atoms with Gasteiger partial charge in [0.05, 0.1) is 6.61 Å². The quantitative estimate of drug-likeness (QED) is 0.799. The van der Waals surface area contributed by atoms with E-state index in [2.05, 4.69) is 11.8 Å². The van der Waals surface area contributed by atoms with E-state index in [-0.39, 0.29) is 5.75 Å². The number of phenols is 1. The SMILES string of the molecule is CCCN1CCN(C(C(=O)O)c2ccc(O)c(OCC)c2)CC1. The van der Waals surface area contributed by atoms with Gasteiger partial charge in [0.1, 0.15) is 6.04 Å². The third kappa shape index (κ3) is 4.36. The molecule has 0 aliphatic carbocycles. The van der Waals surface area contributed by atoms with Gasteiger partial charge >= 0.3 is 5.97 Å². The Labute approximate surface area is 137 Å². The zero-order valence-electron chi connectivity index (χ0n) is 13.9. The van der Waals surface area contributed by atoms with Gasteiger partial charge in [-0.15, -0.1) is 0 Å². The average molecular weight is 322 g/mol. The highest BCUT2D eigenvalue weighted by molar-refractivity contribution is 5.76. The number of piperazine rings is 1. The van der Waals surface area contributed by atoms with Crippen molar-refractivity contribution in [2.24, 2.45) is 0 Å². The number of ether oxygens (including phenoxy) is 1. The Kier molecular flexibility index (Phi) is 6.24. The van der Waals surface area contributed by atoms with Crippen LogP contribution in [0, 0.1) is 0 Å². The summed E-state index contributed by atoms with van der Waals surface area (Å²) in [5.74, 6) is -0.504. The maximum absolute atomic E-state index is 11.8. The number of carbonyl (C=O) groups is 1. The van der Waals surface area contributed by atoms with E-state index < -0.39 is 12.0 Å². The minimum Gasteiger partial charge on any atom is -0.504 e. The number of aromatic hydroxyl groups is 1. The Morgan fingerprint density at radius 3 is 2.52 bits per heavy atom. The monoisotopic (exact) mass is 322 g/mol. The van der Waals surface area contributed by atoms with Gasteiger partial charge in [-0.05, 0) is 37.6 Å². The van der Waals surface area contributed by atoms with Crippen LogP contribution in [-0.4, -0.2) is 65.3 Å². The second-order valence-electron chi connectivity index (χ2n) is 5.78. The summed E-state index contributed by atoms with van der Waals surface area (Å²) in [7, 11) is 0. The van der Waals surface area contributed by atoms with E-state index in [1.165, 1.54) is 6.07 Å². The molecule has 128 valence electrons. The molecule has 2 N–H and O–H groups in total. The normalized spacial score (nSPS) is 17.8. The van der Waals surface area contributed by atoms with Crippen LogP contribution in [0.3, 0.4) is 0 Å². The van der Waals surface area contributed by atoms with Crippen LogP contribution in [0.4, 0.5) is 0 Å². The van der Waals surface area contributed by atoms with Crippen LogP contribution >= 0.6 is 0 Å². The minimum atomic E-state index is -0.873. The van der Waals surface area contributed by atoms with Gasteiger partial charge in [-0.3, -0.25) is 9.69 Å². The number of carboxylic acid groups (broad SMARTS) is 1. The van der Waals surface area contributed by atoms with Crippen molar-refractivity contribution in [3.63, 3.8) is 0 Å². The molecule has 2 rings (SSSR count). The van der Waals surface area contributed by atoms with Crippen molar-refractivity contribution in [2.45, 2.75) is 26.3 Å². The molecule has 0 amide bonds. The molecule has 0 spiro atoms. The fraction of sp³-hybridized carbons (Fsp3) is 0.588. The van der Waals surface area contributed by atoms with Crippen molar-refractivity contribution in [1.29, 1.82) is 0 Å². The van der Waals surface area contributed by atoms with Gasteiger partial charge in [0.15, 0.2) is 11.5 Å². The molecule has 1 aliphatic heterocycles. The van der Waals surface area contributed by atoms with E-state index in [0.29, 0.717) is 17.9 Å². The molecule has 1 fully saturated rings. The van der Waals surface area contributed by atoms with E-state index in [0.717, 1.165) is 39.1 Å². The molecule has 6 nitrogen and oxygen atoms in total. The first-order valence-corrected chi connectivity index (χ1v) is 8.21. The summed E-state index contributed by atoms with van der Waals surface area (Å²) in [6.45, 7) is 8.67. The summed E-state index contributed by atoms with van der Waals surface area (Å²) in [6.07, 6.45) is 1.11. The van der Waals surface area contributed by atoms with Crippen LogP contribution in [-0.2, 0) is 4.79 Å². The van der Waals surface area contributed by atoms with Gasteiger partial charge in [0, 0.05) is 26.2 Å². The smallest absolute Gasteiger partial charge is 0.325 e. The van der Waals surface area contributed by atoms with Crippen LogP contribution in [0.1, 0.15) is 31.9 Å². The van der Waals surface area contributed by atoms with E-state index in [1.54, 1.807) is 12.1 Å². The van der Waals surface area contributed by atoms with E-state index >= 15 is 0 Å². The third-order valence-electron chi connectivity index (χ3n) is 4.15. The topological polar surface area (TPSA) is 73.2 Å². The third-order valence-corrected chi connectivity index (χ3v) is 4.15. The molecule has 6 heteroatoms. The molecule has 0 aromatic heterocycles. The predicted molar refractivity (Wildman–Crippen MR) is 88.0 cm³/mol. The first-order valence-electron chi connectivity index (χ1n) is 8.21. The van der Waals surface area contributed by atoms with Gasteiger partial charge in [0.25, 0.3) is 0 Å². The first kappa shape index (κ1) is 17.6. The number of aliphatic carboxylic acids is 1. The van der Waals surface area contributed by atoms with Crippen LogP contribution in [0.2, 0.25) is 0 Å². The van der Waals surface area contributed by atoms with E-state index in [9.17, 15) is 15.0 Å². The van der Waals surface area contributed by atoms with Gasteiger partial charge in [-0.2, -0.15) is 0 Å². The van der Waals surface area contributed by atoms with Crippen LogP contribution in [0.5, 0.6) is 11.5 Å². The predicted octanol–water partition coefficient (Wildman–Crippen LogP) is 1.94. The summed E-state index contributed by atoms with van der Waals surface area (Å²) >= 11 is 0. The molecule has 1 aliphatic rings. The summed E-state index contributed by atoms with van der Waals surface area (Å²) < 4.78 is 5.37. The van der Waals surface area contributed by atoms with E-state index in [4.69, 9.17) is 4.74 Å². The van der Waals surface area contributed by atoms with Crippen molar-refractivity contribution in [3.8, 4) is 11.5 Å². The Morgan fingerprint density at radius 1 is 1.26 bits per heavy atom. The summed E-state index contributed by atoms with van der Waals surface area (Å²) in [5, 5.41) is 19.5. The maximum atomic E-state index is 11.8. The Balaban J connectivity index is 2.16.